The summed E-state index contributed by atoms with van der Waals surface area (Å²) >= 11 is 0. The van der Waals surface area contributed by atoms with Crippen LogP contribution in [0.15, 0.2) is 30.3 Å². The first-order valence-corrected chi connectivity index (χ1v) is 5.49. The molecule has 2 aromatic rings. The molecule has 0 bridgehead atoms. The van der Waals surface area contributed by atoms with E-state index < -0.39 is 17.8 Å². The normalized spacial score (nSPS) is 11.4. The first-order valence-electron chi connectivity index (χ1n) is 5.49. The summed E-state index contributed by atoms with van der Waals surface area (Å²) < 4.78 is 38.3. The van der Waals surface area contributed by atoms with Gasteiger partial charge in [0.15, 0.2) is 5.69 Å². The van der Waals surface area contributed by atoms with Gasteiger partial charge < -0.3 is 10.4 Å². The Labute approximate surface area is 111 Å². The lowest BCUT2D eigenvalue weighted by Gasteiger charge is -2.05. The summed E-state index contributed by atoms with van der Waals surface area (Å²) in [5.74, 6) is -0.815. The number of hydrogen-bond acceptors (Lipinski definition) is 3. The van der Waals surface area contributed by atoms with Gasteiger partial charge in [-0.2, -0.15) is 18.3 Å². The average Bonchev–Trinajstić information content (AvgIpc) is 2.71. The van der Waals surface area contributed by atoms with Crippen LogP contribution in [0.3, 0.4) is 0 Å². The van der Waals surface area contributed by atoms with E-state index >= 15 is 0 Å². The number of phenols is 1. The zero-order valence-corrected chi connectivity index (χ0v) is 10.3. The van der Waals surface area contributed by atoms with Crippen molar-refractivity contribution in [3.05, 3.63) is 41.7 Å². The van der Waals surface area contributed by atoms with Crippen LogP contribution in [0.5, 0.6) is 5.75 Å². The van der Waals surface area contributed by atoms with Crippen LogP contribution in [0, 0.1) is 0 Å². The predicted octanol–water partition coefficient (Wildman–Crippen LogP) is 2.40. The minimum Gasteiger partial charge on any atom is -0.508 e. The highest BCUT2D eigenvalue weighted by atomic mass is 19.4. The molecule has 0 saturated carbocycles. The Bertz CT molecular complexity index is 650. The molecule has 1 amide bonds. The Morgan fingerprint density at radius 3 is 2.60 bits per heavy atom. The van der Waals surface area contributed by atoms with Gasteiger partial charge in [-0.25, -0.2) is 0 Å². The number of nitrogens with one attached hydrogen (secondary N) is 1. The molecule has 106 valence electrons. The Kier molecular flexibility index (Phi) is 3.39. The topological polar surface area (TPSA) is 67.2 Å². The number of hydrogen-bond donors (Lipinski definition) is 2. The van der Waals surface area contributed by atoms with Gasteiger partial charge in [0, 0.05) is 24.9 Å². The quantitative estimate of drug-likeness (QED) is 0.890. The SMILES string of the molecule is Cn1nc(C(F)(F)F)cc1C(=O)Nc1cccc(O)c1. The van der Waals surface area contributed by atoms with Crippen LogP contribution >= 0.6 is 0 Å². The summed E-state index contributed by atoms with van der Waals surface area (Å²) in [6, 6.07) is 6.34. The fourth-order valence-electron chi connectivity index (χ4n) is 1.60. The van der Waals surface area contributed by atoms with Gasteiger partial charge in [-0.05, 0) is 12.1 Å². The van der Waals surface area contributed by atoms with E-state index in [1.54, 1.807) is 0 Å². The Morgan fingerprint density at radius 1 is 1.35 bits per heavy atom. The molecule has 0 atom stereocenters. The van der Waals surface area contributed by atoms with Crippen molar-refractivity contribution in [3.63, 3.8) is 0 Å². The smallest absolute Gasteiger partial charge is 0.435 e. The second kappa shape index (κ2) is 4.87. The lowest BCUT2D eigenvalue weighted by atomic mass is 10.2. The maximum atomic E-state index is 12.5. The highest BCUT2D eigenvalue weighted by Gasteiger charge is 2.35. The first kappa shape index (κ1) is 13.9. The van der Waals surface area contributed by atoms with E-state index in [1.807, 2.05) is 0 Å². The minimum absolute atomic E-state index is 0.0659. The second-order valence-corrected chi connectivity index (χ2v) is 4.04. The van der Waals surface area contributed by atoms with Gasteiger partial charge in [0.1, 0.15) is 11.4 Å². The van der Waals surface area contributed by atoms with E-state index in [1.165, 1.54) is 31.3 Å². The number of benzene rings is 1. The van der Waals surface area contributed by atoms with E-state index in [-0.39, 0.29) is 17.1 Å². The van der Waals surface area contributed by atoms with Crippen molar-refractivity contribution in [1.82, 2.24) is 9.78 Å². The summed E-state index contributed by atoms with van der Waals surface area (Å²) in [4.78, 5) is 11.9. The number of carbonyl (C=O) groups is 1. The average molecular weight is 285 g/mol. The summed E-state index contributed by atoms with van der Waals surface area (Å²) in [7, 11) is 1.24. The molecule has 0 aliphatic heterocycles. The van der Waals surface area contributed by atoms with Gasteiger partial charge in [-0.15, -0.1) is 0 Å². The highest BCUT2D eigenvalue weighted by molar-refractivity contribution is 6.03. The molecule has 0 unspecified atom stereocenters. The third-order valence-corrected chi connectivity index (χ3v) is 2.51. The molecule has 0 radical (unpaired) electrons. The third-order valence-electron chi connectivity index (χ3n) is 2.51. The molecule has 1 heterocycles. The molecular weight excluding hydrogens is 275 g/mol. The van der Waals surface area contributed by atoms with Crippen LogP contribution in [-0.2, 0) is 13.2 Å². The number of carbonyl (C=O) groups excluding carboxylic acids is 1. The summed E-state index contributed by atoms with van der Waals surface area (Å²) in [5.41, 5.74) is -1.11. The number of anilines is 1. The maximum Gasteiger partial charge on any atom is 0.435 e. The molecular formula is C12H10F3N3O2. The third kappa shape index (κ3) is 2.90. The highest BCUT2D eigenvalue weighted by Crippen LogP contribution is 2.28. The molecule has 0 aliphatic carbocycles. The van der Waals surface area contributed by atoms with Crippen LogP contribution in [0.25, 0.3) is 0 Å². The number of phenolic OH excluding ortho intramolecular Hbond substituents is 1. The van der Waals surface area contributed by atoms with Crippen molar-refractivity contribution in [3.8, 4) is 5.75 Å². The predicted molar refractivity (Wildman–Crippen MR) is 64.3 cm³/mol. The fourth-order valence-corrected chi connectivity index (χ4v) is 1.60. The van der Waals surface area contributed by atoms with Gasteiger partial charge in [-0.3, -0.25) is 9.48 Å². The maximum absolute atomic E-state index is 12.5. The summed E-state index contributed by atoms with van der Waals surface area (Å²) in [6.07, 6.45) is -4.61. The number of rotatable bonds is 2. The van der Waals surface area contributed by atoms with Crippen LogP contribution in [0.1, 0.15) is 16.2 Å². The Morgan fingerprint density at radius 2 is 2.05 bits per heavy atom. The summed E-state index contributed by atoms with van der Waals surface area (Å²) in [6.45, 7) is 0. The Hall–Kier alpha value is -2.51. The number of alkyl halides is 3. The van der Waals surface area contributed by atoms with Crippen LogP contribution in [0.4, 0.5) is 18.9 Å². The lowest BCUT2D eigenvalue weighted by Crippen LogP contribution is -2.15. The van der Waals surface area contributed by atoms with Gasteiger partial charge in [0.05, 0.1) is 0 Å². The standard InChI is InChI=1S/C12H10F3N3O2/c1-18-9(6-10(17-18)12(13,14)15)11(20)16-7-3-2-4-8(19)5-7/h2-6,19H,1H3,(H,16,20). The van der Waals surface area contributed by atoms with E-state index in [0.29, 0.717) is 6.07 Å². The summed E-state index contributed by atoms with van der Waals surface area (Å²) in [5, 5.41) is 14.9. The fraction of sp³-hybridized carbons (Fsp3) is 0.167. The lowest BCUT2D eigenvalue weighted by molar-refractivity contribution is -0.141. The van der Waals surface area contributed by atoms with E-state index in [4.69, 9.17) is 0 Å². The molecule has 0 aliphatic rings. The molecule has 0 spiro atoms. The van der Waals surface area contributed by atoms with Crippen molar-refractivity contribution >= 4 is 11.6 Å². The zero-order valence-electron chi connectivity index (χ0n) is 10.3. The van der Waals surface area contributed by atoms with Crippen molar-refractivity contribution in [2.75, 3.05) is 5.32 Å². The van der Waals surface area contributed by atoms with E-state index in [9.17, 15) is 23.1 Å². The molecule has 0 saturated heterocycles. The van der Waals surface area contributed by atoms with Crippen molar-refractivity contribution in [1.29, 1.82) is 0 Å². The molecule has 5 nitrogen and oxygen atoms in total. The molecule has 2 rings (SSSR count). The van der Waals surface area contributed by atoms with Crippen LogP contribution in [0.2, 0.25) is 0 Å². The van der Waals surface area contributed by atoms with Crippen molar-refractivity contribution in [2.24, 2.45) is 7.05 Å². The molecule has 2 N–H and O–H groups in total. The number of halogens is 3. The van der Waals surface area contributed by atoms with E-state index in [0.717, 1.165) is 4.68 Å². The van der Waals surface area contributed by atoms with E-state index in [2.05, 4.69) is 10.4 Å². The number of aryl methyl sites for hydroxylation is 1. The Balaban J connectivity index is 2.24. The molecule has 1 aromatic carbocycles. The molecule has 0 fully saturated rings. The number of aromatic nitrogens is 2. The molecule has 1 aromatic heterocycles. The molecule has 8 heteroatoms. The second-order valence-electron chi connectivity index (χ2n) is 4.04. The van der Waals surface area contributed by atoms with Crippen molar-refractivity contribution < 1.29 is 23.1 Å². The molecule has 20 heavy (non-hydrogen) atoms. The minimum atomic E-state index is -4.61. The number of aromatic hydroxyl groups is 1. The number of nitrogens with zero attached hydrogens (tertiary/aromatic N) is 2. The van der Waals surface area contributed by atoms with Crippen LogP contribution in [-0.4, -0.2) is 20.8 Å². The van der Waals surface area contributed by atoms with Gasteiger partial charge in [0.25, 0.3) is 5.91 Å². The monoisotopic (exact) mass is 285 g/mol. The van der Waals surface area contributed by atoms with Crippen LogP contribution < -0.4 is 5.32 Å². The first-order chi connectivity index (χ1) is 9.27. The van der Waals surface area contributed by atoms with Gasteiger partial charge in [-0.1, -0.05) is 6.07 Å². The van der Waals surface area contributed by atoms with Gasteiger partial charge >= 0.3 is 6.18 Å². The van der Waals surface area contributed by atoms with Gasteiger partial charge in [0.2, 0.25) is 0 Å². The zero-order chi connectivity index (χ0) is 14.9. The van der Waals surface area contributed by atoms with Crippen molar-refractivity contribution in [2.45, 2.75) is 6.18 Å². The largest absolute Gasteiger partial charge is 0.508 e. The number of amides is 1.